The molecule has 31 heavy (non-hydrogen) atoms. The molecular formula is C24H23Cl2FN4. The summed E-state index contributed by atoms with van der Waals surface area (Å²) in [6.45, 7) is 4.55. The SMILES string of the molecule is Fc1ccc(CN2CC[N+](=C3Nc4cc(Cl)ccc4Nc4ccccc43)CC2)cc1.[Cl-]. The zero-order chi connectivity index (χ0) is 20.5. The fourth-order valence-electron chi connectivity index (χ4n) is 4.09. The number of piperazine rings is 1. The van der Waals surface area contributed by atoms with Gasteiger partial charge in [0.15, 0.2) is 0 Å². The molecule has 0 aliphatic carbocycles. The van der Waals surface area contributed by atoms with Gasteiger partial charge in [0.05, 0.1) is 30.0 Å². The number of anilines is 3. The summed E-state index contributed by atoms with van der Waals surface area (Å²) in [6.07, 6.45) is 0. The minimum absolute atomic E-state index is 0. The molecule has 2 N–H and O–H groups in total. The lowest BCUT2D eigenvalue weighted by Crippen LogP contribution is -3.00. The maximum Gasteiger partial charge on any atom is 0.284 e. The number of benzene rings is 3. The van der Waals surface area contributed by atoms with Crippen molar-refractivity contribution in [3.63, 3.8) is 0 Å². The van der Waals surface area contributed by atoms with Crippen molar-refractivity contribution in [1.82, 2.24) is 4.90 Å². The van der Waals surface area contributed by atoms with Crippen molar-refractivity contribution < 1.29 is 21.4 Å². The lowest BCUT2D eigenvalue weighted by atomic mass is 10.1. The molecule has 0 unspecified atom stereocenters. The molecule has 5 rings (SSSR count). The molecule has 0 spiro atoms. The van der Waals surface area contributed by atoms with E-state index in [2.05, 4.69) is 38.3 Å². The highest BCUT2D eigenvalue weighted by atomic mass is 35.5. The van der Waals surface area contributed by atoms with Gasteiger partial charge in [0, 0.05) is 30.7 Å². The Hall–Kier alpha value is -2.60. The van der Waals surface area contributed by atoms with Crippen LogP contribution < -0.4 is 23.0 Å². The van der Waals surface area contributed by atoms with Crippen LogP contribution in [0, 0.1) is 5.82 Å². The molecule has 0 atom stereocenters. The monoisotopic (exact) mass is 456 g/mol. The average Bonchev–Trinajstić information content (AvgIpc) is 2.92. The van der Waals surface area contributed by atoms with Gasteiger partial charge in [-0.25, -0.2) is 9.71 Å². The third kappa shape index (κ3) is 4.69. The van der Waals surface area contributed by atoms with E-state index in [0.29, 0.717) is 5.02 Å². The van der Waals surface area contributed by atoms with Gasteiger partial charge in [-0.05, 0) is 42.0 Å². The second-order valence-electron chi connectivity index (χ2n) is 7.72. The first-order chi connectivity index (χ1) is 14.7. The summed E-state index contributed by atoms with van der Waals surface area (Å²) < 4.78 is 15.6. The van der Waals surface area contributed by atoms with E-state index < -0.39 is 0 Å². The Bertz CT molecular complexity index is 1100. The zero-order valence-electron chi connectivity index (χ0n) is 16.9. The summed E-state index contributed by atoms with van der Waals surface area (Å²) >= 11 is 6.26. The molecule has 0 radical (unpaired) electrons. The van der Waals surface area contributed by atoms with E-state index in [1.807, 2.05) is 36.4 Å². The van der Waals surface area contributed by atoms with E-state index in [-0.39, 0.29) is 18.2 Å². The van der Waals surface area contributed by atoms with Crippen molar-refractivity contribution in [3.05, 3.63) is 88.7 Å². The van der Waals surface area contributed by atoms with Crippen LogP contribution in [0.1, 0.15) is 11.1 Å². The predicted molar refractivity (Wildman–Crippen MR) is 121 cm³/mol. The van der Waals surface area contributed by atoms with Gasteiger partial charge < -0.3 is 17.7 Å². The highest BCUT2D eigenvalue weighted by molar-refractivity contribution is 6.31. The molecule has 2 aliphatic rings. The quantitative estimate of drug-likeness (QED) is 0.577. The summed E-state index contributed by atoms with van der Waals surface area (Å²) in [7, 11) is 0. The molecule has 1 fully saturated rings. The third-order valence-electron chi connectivity index (χ3n) is 5.69. The first kappa shape index (κ1) is 21.6. The highest BCUT2D eigenvalue weighted by Crippen LogP contribution is 2.34. The Balaban J connectivity index is 0.00000231. The molecule has 0 aromatic heterocycles. The molecule has 0 bridgehead atoms. The van der Waals surface area contributed by atoms with E-state index in [1.165, 1.54) is 12.1 Å². The van der Waals surface area contributed by atoms with Crippen LogP contribution in [0.15, 0.2) is 66.7 Å². The highest BCUT2D eigenvalue weighted by Gasteiger charge is 2.28. The van der Waals surface area contributed by atoms with Crippen LogP contribution in [0.25, 0.3) is 0 Å². The van der Waals surface area contributed by atoms with E-state index in [1.54, 1.807) is 0 Å². The number of hydrogen-bond acceptors (Lipinski definition) is 2. The fourth-order valence-corrected chi connectivity index (χ4v) is 4.27. The topological polar surface area (TPSA) is 30.3 Å². The number of para-hydroxylation sites is 1. The maximum absolute atomic E-state index is 13.2. The average molecular weight is 457 g/mol. The van der Waals surface area contributed by atoms with Crippen LogP contribution in [0.2, 0.25) is 5.02 Å². The molecule has 0 saturated carbocycles. The second-order valence-corrected chi connectivity index (χ2v) is 8.16. The molecule has 1 saturated heterocycles. The summed E-state index contributed by atoms with van der Waals surface area (Å²) in [4.78, 5) is 2.41. The minimum atomic E-state index is -0.188. The molecular weight excluding hydrogens is 434 g/mol. The van der Waals surface area contributed by atoms with Crippen LogP contribution in [-0.2, 0) is 6.54 Å². The van der Waals surface area contributed by atoms with Crippen LogP contribution in [0.5, 0.6) is 0 Å². The Kier molecular flexibility index (Phi) is 6.46. The number of hydrogen-bond donors (Lipinski definition) is 2. The van der Waals surface area contributed by atoms with Gasteiger partial charge in [-0.2, -0.15) is 0 Å². The van der Waals surface area contributed by atoms with E-state index in [9.17, 15) is 4.39 Å². The summed E-state index contributed by atoms with van der Waals surface area (Å²) in [6, 6.07) is 21.0. The third-order valence-corrected chi connectivity index (χ3v) is 5.93. The molecule has 3 aromatic rings. The first-order valence-electron chi connectivity index (χ1n) is 10.2. The standard InChI is InChI=1S/C24H22ClFN4.ClH/c25-18-7-10-22-23(15-18)28-24(20-3-1-2-4-21(20)27-22)30-13-11-29(12-14-30)16-17-5-8-19(26)9-6-17;/h1-10,15H,11-14,16H2,(H,27,28);1H. The van der Waals surface area contributed by atoms with E-state index >= 15 is 0 Å². The fraction of sp³-hybridized carbons (Fsp3) is 0.208. The van der Waals surface area contributed by atoms with Gasteiger partial charge in [0.2, 0.25) is 0 Å². The van der Waals surface area contributed by atoms with Crippen LogP contribution in [0.3, 0.4) is 0 Å². The van der Waals surface area contributed by atoms with Crippen molar-refractivity contribution in [2.24, 2.45) is 0 Å². The van der Waals surface area contributed by atoms with Crippen molar-refractivity contribution in [2.45, 2.75) is 6.54 Å². The number of fused-ring (bicyclic) bond motifs is 2. The van der Waals surface area contributed by atoms with Gasteiger partial charge >= 0.3 is 0 Å². The number of nitrogens with one attached hydrogen (secondary N) is 2. The Morgan fingerprint density at radius 1 is 0.871 bits per heavy atom. The molecule has 2 heterocycles. The number of nitrogens with zero attached hydrogens (tertiary/aromatic N) is 2. The van der Waals surface area contributed by atoms with Crippen molar-refractivity contribution in [3.8, 4) is 0 Å². The van der Waals surface area contributed by atoms with Gasteiger partial charge in [-0.3, -0.25) is 9.48 Å². The van der Waals surface area contributed by atoms with E-state index in [4.69, 9.17) is 11.6 Å². The summed E-state index contributed by atoms with van der Waals surface area (Å²) in [5.74, 6) is 0.910. The Morgan fingerprint density at radius 2 is 1.61 bits per heavy atom. The molecule has 160 valence electrons. The van der Waals surface area contributed by atoms with Crippen molar-refractivity contribution >= 4 is 34.5 Å². The van der Waals surface area contributed by atoms with E-state index in [0.717, 1.165) is 66.7 Å². The smallest absolute Gasteiger partial charge is 0.284 e. The maximum atomic E-state index is 13.2. The minimum Gasteiger partial charge on any atom is -1.00 e. The number of halogens is 3. The molecule has 3 aromatic carbocycles. The Morgan fingerprint density at radius 3 is 2.39 bits per heavy atom. The number of rotatable bonds is 2. The number of amidine groups is 1. The first-order valence-corrected chi connectivity index (χ1v) is 10.6. The molecule has 4 nitrogen and oxygen atoms in total. The van der Waals surface area contributed by atoms with Gasteiger partial charge in [0.25, 0.3) is 5.84 Å². The van der Waals surface area contributed by atoms with Crippen LogP contribution in [-0.4, -0.2) is 41.5 Å². The lowest BCUT2D eigenvalue weighted by Gasteiger charge is -2.28. The van der Waals surface area contributed by atoms with Crippen molar-refractivity contribution in [1.29, 1.82) is 0 Å². The largest absolute Gasteiger partial charge is 1.00 e. The van der Waals surface area contributed by atoms with Gasteiger partial charge in [-0.1, -0.05) is 35.9 Å². The normalized spacial score (nSPS) is 15.7. The lowest BCUT2D eigenvalue weighted by molar-refractivity contribution is -0.539. The second kappa shape index (κ2) is 9.27. The Labute approximate surface area is 192 Å². The van der Waals surface area contributed by atoms with Crippen LogP contribution in [0.4, 0.5) is 21.5 Å². The van der Waals surface area contributed by atoms with Gasteiger partial charge in [-0.15, -0.1) is 0 Å². The zero-order valence-corrected chi connectivity index (χ0v) is 18.4. The predicted octanol–water partition coefficient (Wildman–Crippen LogP) is 1.93. The molecule has 2 aliphatic heterocycles. The molecule has 7 heteroatoms. The van der Waals surface area contributed by atoms with Gasteiger partial charge in [0.1, 0.15) is 11.5 Å². The van der Waals surface area contributed by atoms with Crippen molar-refractivity contribution in [2.75, 3.05) is 36.8 Å². The summed E-state index contributed by atoms with van der Waals surface area (Å²) in [5.41, 5.74) is 5.36. The summed E-state index contributed by atoms with van der Waals surface area (Å²) in [5, 5.41) is 7.87. The van der Waals surface area contributed by atoms with Crippen LogP contribution >= 0.6 is 11.6 Å². The molecule has 0 amide bonds.